The van der Waals surface area contributed by atoms with Crippen LogP contribution in [0.5, 0.6) is 5.75 Å². The zero-order valence-electron chi connectivity index (χ0n) is 17.0. The Balaban J connectivity index is 1.64. The Bertz CT molecular complexity index is 930. The third kappa shape index (κ3) is 5.25. The Kier molecular flexibility index (Phi) is 7.30. The number of carbonyl (C=O) groups is 1. The first-order valence-corrected chi connectivity index (χ1v) is 10.5. The monoisotopic (exact) mass is 378 g/mol. The first-order chi connectivity index (χ1) is 13.7. The number of hydrogen-bond acceptors (Lipinski definition) is 3. The van der Waals surface area contributed by atoms with Gasteiger partial charge in [0.25, 0.3) is 0 Å². The molecule has 3 nitrogen and oxygen atoms in total. The molecule has 0 amide bonds. The normalized spacial score (nSPS) is 11.1. The first-order valence-electron chi connectivity index (χ1n) is 10.5. The summed E-state index contributed by atoms with van der Waals surface area (Å²) in [5, 5.41) is 3.97. The average Bonchev–Trinajstić information content (AvgIpc) is 2.70. The molecule has 148 valence electrons. The van der Waals surface area contributed by atoms with Crippen LogP contribution in [0.25, 0.3) is 21.5 Å². The summed E-state index contributed by atoms with van der Waals surface area (Å²) in [5.74, 6) is 0.585. The van der Waals surface area contributed by atoms with Gasteiger partial charge in [-0.2, -0.15) is 0 Å². The fourth-order valence-corrected chi connectivity index (χ4v) is 3.57. The molecule has 0 aromatic heterocycles. The van der Waals surface area contributed by atoms with Gasteiger partial charge in [-0.25, -0.2) is 4.79 Å². The van der Waals surface area contributed by atoms with Gasteiger partial charge in [-0.3, -0.25) is 0 Å². The number of unbranched alkanes of at least 4 members (excludes halogenated alkanes) is 6. The lowest BCUT2D eigenvalue weighted by Gasteiger charge is -2.12. The molecule has 3 aromatic carbocycles. The summed E-state index contributed by atoms with van der Waals surface area (Å²) in [5.41, 5.74) is 1.13. The van der Waals surface area contributed by atoms with E-state index in [1.165, 1.54) is 32.1 Å². The average molecular weight is 379 g/mol. The molecule has 0 saturated carbocycles. The lowest BCUT2D eigenvalue weighted by molar-refractivity contribution is 0.0982. The van der Waals surface area contributed by atoms with Crippen molar-refractivity contribution in [3.8, 4) is 5.75 Å². The van der Waals surface area contributed by atoms with E-state index in [1.54, 1.807) is 0 Å². The molecule has 0 aliphatic carbocycles. The molecule has 0 radical (unpaired) electrons. The first kappa shape index (κ1) is 20.2. The number of rotatable bonds is 9. The van der Waals surface area contributed by atoms with E-state index < -0.39 is 6.16 Å². The van der Waals surface area contributed by atoms with E-state index >= 15 is 0 Å². The molecular formula is C25H30O3. The second-order valence-corrected chi connectivity index (χ2v) is 7.47. The van der Waals surface area contributed by atoms with Crippen LogP contribution in [0.3, 0.4) is 0 Å². The molecule has 0 heterocycles. The maximum Gasteiger partial charge on any atom is 0.513 e. The van der Waals surface area contributed by atoms with Gasteiger partial charge in [-0.15, -0.1) is 0 Å². The smallest absolute Gasteiger partial charge is 0.434 e. The zero-order valence-corrected chi connectivity index (χ0v) is 17.0. The van der Waals surface area contributed by atoms with Gasteiger partial charge in [-0.05, 0) is 36.2 Å². The largest absolute Gasteiger partial charge is 0.513 e. The van der Waals surface area contributed by atoms with Crippen molar-refractivity contribution in [2.45, 2.75) is 58.8 Å². The molecule has 0 fully saturated rings. The number of aryl methyl sites for hydroxylation is 1. The van der Waals surface area contributed by atoms with Crippen LogP contribution in [-0.2, 0) is 4.74 Å². The summed E-state index contributed by atoms with van der Waals surface area (Å²) in [7, 11) is 0. The molecule has 0 saturated heterocycles. The Hall–Kier alpha value is -2.55. The molecule has 0 unspecified atom stereocenters. The van der Waals surface area contributed by atoms with Gasteiger partial charge in [0.05, 0.1) is 6.61 Å². The minimum atomic E-state index is -0.620. The van der Waals surface area contributed by atoms with Crippen LogP contribution in [0.1, 0.15) is 57.4 Å². The highest BCUT2D eigenvalue weighted by Gasteiger charge is 2.14. The van der Waals surface area contributed by atoms with Crippen molar-refractivity contribution in [3.63, 3.8) is 0 Å². The molecular weight excluding hydrogens is 348 g/mol. The molecule has 3 aromatic rings. The van der Waals surface area contributed by atoms with Crippen molar-refractivity contribution in [3.05, 3.63) is 54.1 Å². The Morgan fingerprint density at radius 1 is 0.821 bits per heavy atom. The fraction of sp³-hybridized carbons (Fsp3) is 0.400. The van der Waals surface area contributed by atoms with Gasteiger partial charge in [0.2, 0.25) is 0 Å². The second-order valence-electron chi connectivity index (χ2n) is 7.47. The summed E-state index contributed by atoms with van der Waals surface area (Å²) in [6, 6.07) is 16.3. The second kappa shape index (κ2) is 10.1. The SMILES string of the molecule is CCCCCCCCCOC(=O)Oc1c2ccccc2cc2ccc(C)cc12. The number of ether oxygens (including phenoxy) is 2. The van der Waals surface area contributed by atoms with Gasteiger partial charge >= 0.3 is 6.16 Å². The summed E-state index contributed by atoms with van der Waals surface area (Å²) in [6.07, 6.45) is 7.69. The van der Waals surface area contributed by atoms with E-state index in [2.05, 4.69) is 31.2 Å². The Labute approximate surface area is 167 Å². The van der Waals surface area contributed by atoms with E-state index in [-0.39, 0.29) is 0 Å². The van der Waals surface area contributed by atoms with E-state index in [0.29, 0.717) is 12.4 Å². The summed E-state index contributed by atoms with van der Waals surface area (Å²) >= 11 is 0. The highest BCUT2D eigenvalue weighted by atomic mass is 16.7. The molecule has 0 atom stereocenters. The number of hydrogen-bond donors (Lipinski definition) is 0. The van der Waals surface area contributed by atoms with Crippen LogP contribution in [0.2, 0.25) is 0 Å². The van der Waals surface area contributed by atoms with E-state index in [0.717, 1.165) is 39.9 Å². The molecule has 0 spiro atoms. The predicted octanol–water partition coefficient (Wildman–Crippen LogP) is 7.57. The summed E-state index contributed by atoms with van der Waals surface area (Å²) < 4.78 is 11.0. The lowest BCUT2D eigenvalue weighted by atomic mass is 10.0. The van der Waals surface area contributed by atoms with Crippen LogP contribution in [0, 0.1) is 6.92 Å². The van der Waals surface area contributed by atoms with Crippen LogP contribution in [0.4, 0.5) is 4.79 Å². The zero-order chi connectivity index (χ0) is 19.8. The molecule has 0 N–H and O–H groups in total. The quantitative estimate of drug-likeness (QED) is 0.167. The van der Waals surface area contributed by atoms with Gasteiger partial charge in [0, 0.05) is 10.8 Å². The standard InChI is InChI=1S/C25H30O3/c1-3-4-5-6-7-8-11-16-27-25(26)28-24-22-13-10-9-12-20(22)18-21-15-14-19(2)17-23(21)24/h9-10,12-15,17-18H,3-8,11,16H2,1-2H3. The molecule has 0 aliphatic heterocycles. The third-order valence-corrected chi connectivity index (χ3v) is 5.12. The van der Waals surface area contributed by atoms with Crippen molar-refractivity contribution in [2.24, 2.45) is 0 Å². The number of benzene rings is 3. The van der Waals surface area contributed by atoms with Crippen LogP contribution >= 0.6 is 0 Å². The Morgan fingerprint density at radius 2 is 1.54 bits per heavy atom. The van der Waals surface area contributed by atoms with Crippen molar-refractivity contribution in [1.29, 1.82) is 0 Å². The molecule has 0 aliphatic rings. The Morgan fingerprint density at radius 3 is 2.36 bits per heavy atom. The van der Waals surface area contributed by atoms with Crippen LogP contribution in [-0.4, -0.2) is 12.8 Å². The summed E-state index contributed by atoms with van der Waals surface area (Å²) in [6.45, 7) is 4.67. The highest BCUT2D eigenvalue weighted by Crippen LogP contribution is 2.35. The molecule has 0 bridgehead atoms. The maximum atomic E-state index is 12.3. The maximum absolute atomic E-state index is 12.3. The fourth-order valence-electron chi connectivity index (χ4n) is 3.57. The molecule has 3 heteroatoms. The topological polar surface area (TPSA) is 35.5 Å². The lowest BCUT2D eigenvalue weighted by Crippen LogP contribution is -2.12. The predicted molar refractivity (Wildman–Crippen MR) is 116 cm³/mol. The van der Waals surface area contributed by atoms with Gasteiger partial charge < -0.3 is 9.47 Å². The van der Waals surface area contributed by atoms with Crippen LogP contribution < -0.4 is 4.74 Å². The summed E-state index contributed by atoms with van der Waals surface area (Å²) in [4.78, 5) is 12.3. The van der Waals surface area contributed by atoms with Gasteiger partial charge in [0.15, 0.2) is 0 Å². The minimum absolute atomic E-state index is 0.411. The van der Waals surface area contributed by atoms with E-state index in [1.807, 2.05) is 31.2 Å². The van der Waals surface area contributed by atoms with Crippen molar-refractivity contribution in [1.82, 2.24) is 0 Å². The number of carbonyl (C=O) groups excluding carboxylic acids is 1. The van der Waals surface area contributed by atoms with Crippen LogP contribution in [0.15, 0.2) is 48.5 Å². The third-order valence-electron chi connectivity index (χ3n) is 5.12. The van der Waals surface area contributed by atoms with Crippen molar-refractivity contribution in [2.75, 3.05) is 6.61 Å². The van der Waals surface area contributed by atoms with Gasteiger partial charge in [-0.1, -0.05) is 87.4 Å². The highest BCUT2D eigenvalue weighted by molar-refractivity contribution is 6.06. The van der Waals surface area contributed by atoms with E-state index in [4.69, 9.17) is 9.47 Å². The molecule has 3 rings (SSSR count). The van der Waals surface area contributed by atoms with Crippen molar-refractivity contribution >= 4 is 27.7 Å². The number of fused-ring (bicyclic) bond motifs is 2. The van der Waals surface area contributed by atoms with E-state index in [9.17, 15) is 4.79 Å². The molecule has 28 heavy (non-hydrogen) atoms. The van der Waals surface area contributed by atoms with Crippen molar-refractivity contribution < 1.29 is 14.3 Å². The van der Waals surface area contributed by atoms with Gasteiger partial charge in [0.1, 0.15) is 5.75 Å². The minimum Gasteiger partial charge on any atom is -0.434 e.